The number of carbonyl (C=O) groups excluding carboxylic acids is 1. The minimum atomic E-state index is 0.0882. The van der Waals surface area contributed by atoms with Gasteiger partial charge in [-0.05, 0) is 6.54 Å². The van der Waals surface area contributed by atoms with E-state index >= 15 is 0 Å². The van der Waals surface area contributed by atoms with E-state index in [9.17, 15) is 4.79 Å². The summed E-state index contributed by atoms with van der Waals surface area (Å²) in [6, 6.07) is 0. The molecule has 18 heavy (non-hydrogen) atoms. The minimum Gasteiger partial charge on any atom is -0.348 e. The van der Waals surface area contributed by atoms with Gasteiger partial charge in [-0.1, -0.05) is 6.92 Å². The van der Waals surface area contributed by atoms with Gasteiger partial charge in [0.2, 0.25) is 5.91 Å². The lowest BCUT2D eigenvalue weighted by Crippen LogP contribution is -2.29. The van der Waals surface area contributed by atoms with Crippen LogP contribution in [0, 0.1) is 0 Å². The van der Waals surface area contributed by atoms with Crippen molar-refractivity contribution in [2.24, 2.45) is 5.73 Å². The van der Waals surface area contributed by atoms with Crippen molar-refractivity contribution in [1.29, 1.82) is 0 Å². The van der Waals surface area contributed by atoms with Gasteiger partial charge in [0.25, 0.3) is 0 Å². The van der Waals surface area contributed by atoms with E-state index in [0.717, 1.165) is 30.3 Å². The highest BCUT2D eigenvalue weighted by molar-refractivity contribution is 7.09. The molecule has 0 spiro atoms. The van der Waals surface area contributed by atoms with Gasteiger partial charge in [0.15, 0.2) is 0 Å². The standard InChI is InChI=1S/C12H22N4OS/c1-4-16(6-5-13)8-10-9-18-11(14-10)7-12(17)15(2)3/h9H,4-8,13H2,1-3H3. The monoisotopic (exact) mass is 270 g/mol. The molecular formula is C12H22N4OS. The third kappa shape index (κ3) is 4.72. The van der Waals surface area contributed by atoms with Gasteiger partial charge in [0.1, 0.15) is 5.01 Å². The first-order valence-corrected chi connectivity index (χ1v) is 7.00. The van der Waals surface area contributed by atoms with Crippen LogP contribution in [0.25, 0.3) is 0 Å². The van der Waals surface area contributed by atoms with E-state index < -0.39 is 0 Å². The van der Waals surface area contributed by atoms with Crippen LogP contribution in [0.1, 0.15) is 17.6 Å². The Labute approximate surface area is 113 Å². The maximum absolute atomic E-state index is 11.6. The zero-order chi connectivity index (χ0) is 13.5. The van der Waals surface area contributed by atoms with Crippen LogP contribution in [0.5, 0.6) is 0 Å². The summed E-state index contributed by atoms with van der Waals surface area (Å²) in [5.41, 5.74) is 6.58. The molecule has 1 rings (SSSR count). The third-order valence-corrected chi connectivity index (χ3v) is 3.58. The fraction of sp³-hybridized carbons (Fsp3) is 0.667. The normalized spacial score (nSPS) is 10.9. The number of nitrogens with two attached hydrogens (primary N) is 1. The van der Waals surface area contributed by atoms with Crippen molar-refractivity contribution in [1.82, 2.24) is 14.8 Å². The Hall–Kier alpha value is -0.980. The Morgan fingerprint density at radius 3 is 2.78 bits per heavy atom. The molecule has 1 aromatic heterocycles. The van der Waals surface area contributed by atoms with Gasteiger partial charge in [-0.3, -0.25) is 9.69 Å². The van der Waals surface area contributed by atoms with Crippen molar-refractivity contribution in [3.8, 4) is 0 Å². The lowest BCUT2D eigenvalue weighted by molar-refractivity contribution is -0.127. The van der Waals surface area contributed by atoms with Crippen molar-refractivity contribution < 1.29 is 4.79 Å². The van der Waals surface area contributed by atoms with Crippen LogP contribution >= 0.6 is 11.3 Å². The molecular weight excluding hydrogens is 248 g/mol. The molecule has 0 aliphatic carbocycles. The van der Waals surface area contributed by atoms with Crippen molar-refractivity contribution in [2.75, 3.05) is 33.7 Å². The van der Waals surface area contributed by atoms with Crippen LogP contribution in [0.2, 0.25) is 0 Å². The molecule has 6 heteroatoms. The number of nitrogens with zero attached hydrogens (tertiary/aromatic N) is 3. The summed E-state index contributed by atoms with van der Waals surface area (Å²) in [6.07, 6.45) is 0.390. The molecule has 1 amide bonds. The second-order valence-corrected chi connectivity index (χ2v) is 5.30. The van der Waals surface area contributed by atoms with Crippen LogP contribution in [-0.4, -0.2) is 54.4 Å². The Morgan fingerprint density at radius 2 is 2.22 bits per heavy atom. The quantitative estimate of drug-likeness (QED) is 0.786. The Morgan fingerprint density at radius 1 is 1.50 bits per heavy atom. The number of rotatable bonds is 7. The molecule has 0 fully saturated rings. The number of likely N-dealkylation sites (N-methyl/N-ethyl adjacent to an activating group) is 2. The molecule has 0 saturated carbocycles. The average Bonchev–Trinajstić information content (AvgIpc) is 2.75. The van der Waals surface area contributed by atoms with E-state index in [1.54, 1.807) is 30.3 Å². The first-order valence-electron chi connectivity index (χ1n) is 6.12. The molecule has 1 heterocycles. The zero-order valence-electron chi connectivity index (χ0n) is 11.3. The smallest absolute Gasteiger partial charge is 0.228 e. The summed E-state index contributed by atoms with van der Waals surface area (Å²) < 4.78 is 0. The molecule has 5 nitrogen and oxygen atoms in total. The highest BCUT2D eigenvalue weighted by atomic mass is 32.1. The number of hydrogen-bond acceptors (Lipinski definition) is 5. The van der Waals surface area contributed by atoms with E-state index in [4.69, 9.17) is 5.73 Å². The lowest BCUT2D eigenvalue weighted by atomic mass is 10.3. The van der Waals surface area contributed by atoms with Crippen LogP contribution in [0.15, 0.2) is 5.38 Å². The van der Waals surface area contributed by atoms with E-state index in [1.807, 2.05) is 5.38 Å². The van der Waals surface area contributed by atoms with Gasteiger partial charge in [-0.2, -0.15) is 0 Å². The average molecular weight is 270 g/mol. The summed E-state index contributed by atoms with van der Waals surface area (Å²) in [5.74, 6) is 0.0882. The van der Waals surface area contributed by atoms with E-state index in [-0.39, 0.29) is 5.91 Å². The topological polar surface area (TPSA) is 62.5 Å². The molecule has 0 bridgehead atoms. The summed E-state index contributed by atoms with van der Waals surface area (Å²) in [4.78, 5) is 19.9. The van der Waals surface area contributed by atoms with E-state index in [0.29, 0.717) is 13.0 Å². The second kappa shape index (κ2) is 7.45. The van der Waals surface area contributed by atoms with Crippen LogP contribution in [0.3, 0.4) is 0 Å². The molecule has 0 aliphatic heterocycles. The number of hydrogen-bond donors (Lipinski definition) is 1. The van der Waals surface area contributed by atoms with E-state index in [1.165, 1.54) is 0 Å². The highest BCUT2D eigenvalue weighted by Crippen LogP contribution is 2.13. The Kier molecular flexibility index (Phi) is 6.24. The zero-order valence-corrected chi connectivity index (χ0v) is 12.2. The second-order valence-electron chi connectivity index (χ2n) is 4.35. The van der Waals surface area contributed by atoms with Crippen molar-refractivity contribution in [3.63, 3.8) is 0 Å². The van der Waals surface area contributed by atoms with Crippen molar-refractivity contribution in [2.45, 2.75) is 19.9 Å². The van der Waals surface area contributed by atoms with Crippen LogP contribution in [-0.2, 0) is 17.8 Å². The molecule has 0 saturated heterocycles. The van der Waals surface area contributed by atoms with Crippen LogP contribution < -0.4 is 5.73 Å². The lowest BCUT2D eigenvalue weighted by Gasteiger charge is -2.17. The number of aromatic nitrogens is 1. The SMILES string of the molecule is CCN(CCN)Cc1csc(CC(=O)N(C)C)n1. The Bertz CT molecular complexity index is 378. The summed E-state index contributed by atoms with van der Waals surface area (Å²) in [6.45, 7) is 5.41. The molecule has 1 aromatic rings. The maximum Gasteiger partial charge on any atom is 0.228 e. The van der Waals surface area contributed by atoms with Crippen molar-refractivity contribution in [3.05, 3.63) is 16.1 Å². The first-order chi connectivity index (χ1) is 8.56. The molecule has 0 unspecified atom stereocenters. The summed E-state index contributed by atoms with van der Waals surface area (Å²) in [5, 5.41) is 2.91. The molecule has 102 valence electrons. The van der Waals surface area contributed by atoms with Gasteiger partial charge in [0.05, 0.1) is 12.1 Å². The predicted molar refractivity (Wildman–Crippen MR) is 74.5 cm³/mol. The van der Waals surface area contributed by atoms with Crippen molar-refractivity contribution >= 4 is 17.2 Å². The first kappa shape index (κ1) is 15.1. The maximum atomic E-state index is 11.6. The predicted octanol–water partition coefficient (Wildman–Crippen LogP) is 0.554. The summed E-state index contributed by atoms with van der Waals surface area (Å²) >= 11 is 1.55. The van der Waals surface area contributed by atoms with Gasteiger partial charge < -0.3 is 10.6 Å². The highest BCUT2D eigenvalue weighted by Gasteiger charge is 2.11. The third-order valence-electron chi connectivity index (χ3n) is 2.68. The van der Waals surface area contributed by atoms with Crippen LogP contribution in [0.4, 0.5) is 0 Å². The molecule has 0 atom stereocenters. The molecule has 2 N–H and O–H groups in total. The number of amides is 1. The number of carbonyl (C=O) groups is 1. The van der Waals surface area contributed by atoms with Gasteiger partial charge in [0, 0.05) is 39.1 Å². The summed E-state index contributed by atoms with van der Waals surface area (Å²) in [7, 11) is 3.52. The van der Waals surface area contributed by atoms with Gasteiger partial charge in [-0.15, -0.1) is 11.3 Å². The van der Waals surface area contributed by atoms with Gasteiger partial charge in [-0.25, -0.2) is 4.98 Å². The molecule has 0 aromatic carbocycles. The fourth-order valence-electron chi connectivity index (χ4n) is 1.55. The Balaban J connectivity index is 2.54. The van der Waals surface area contributed by atoms with E-state index in [2.05, 4.69) is 16.8 Å². The minimum absolute atomic E-state index is 0.0882. The number of thiazole rings is 1. The molecule has 0 aliphatic rings. The largest absolute Gasteiger partial charge is 0.348 e. The fourth-order valence-corrected chi connectivity index (χ4v) is 2.33. The molecule has 0 radical (unpaired) electrons. The van der Waals surface area contributed by atoms with Gasteiger partial charge >= 0.3 is 0 Å².